The number of nitro groups is 1. The summed E-state index contributed by atoms with van der Waals surface area (Å²) in [4.78, 5) is 32.8. The number of aromatic nitrogens is 2. The van der Waals surface area contributed by atoms with Crippen LogP contribution in [0.1, 0.15) is 12.8 Å². The van der Waals surface area contributed by atoms with Crippen LogP contribution in [0.3, 0.4) is 0 Å². The van der Waals surface area contributed by atoms with Crippen molar-refractivity contribution in [2.75, 3.05) is 24.6 Å². The molecule has 1 saturated heterocycles. The van der Waals surface area contributed by atoms with Gasteiger partial charge in [-0.1, -0.05) is 0 Å². The Labute approximate surface area is 150 Å². The zero-order chi connectivity index (χ0) is 18.4. The van der Waals surface area contributed by atoms with Gasteiger partial charge in [-0.15, -0.1) is 0 Å². The van der Waals surface area contributed by atoms with Crippen LogP contribution in [-0.2, 0) is 4.79 Å². The molecule has 1 aromatic carbocycles. The van der Waals surface area contributed by atoms with Crippen LogP contribution in [0.25, 0.3) is 0 Å². The second-order valence-corrected chi connectivity index (χ2v) is 5.94. The molecular formula is C17H19N5O4. The van der Waals surface area contributed by atoms with Crippen molar-refractivity contribution in [2.45, 2.75) is 18.9 Å². The number of amides is 1. The minimum absolute atomic E-state index is 0.000479. The molecule has 3 rings (SSSR count). The van der Waals surface area contributed by atoms with E-state index in [1.165, 1.54) is 24.3 Å². The maximum atomic E-state index is 12.1. The van der Waals surface area contributed by atoms with Gasteiger partial charge in [0.1, 0.15) is 5.75 Å². The third kappa shape index (κ3) is 4.65. The third-order valence-corrected chi connectivity index (χ3v) is 4.04. The Bertz CT molecular complexity index is 754. The highest BCUT2D eigenvalue weighted by Crippen LogP contribution is 2.18. The van der Waals surface area contributed by atoms with Crippen LogP contribution in [0.15, 0.2) is 42.7 Å². The lowest BCUT2D eigenvalue weighted by Gasteiger charge is -2.33. The van der Waals surface area contributed by atoms with Crippen LogP contribution in [0.2, 0.25) is 0 Å². The van der Waals surface area contributed by atoms with Crippen LogP contribution in [0.5, 0.6) is 5.75 Å². The van der Waals surface area contributed by atoms with E-state index in [0.717, 1.165) is 19.4 Å². The SMILES string of the molecule is O=C(COc1ccc([N+](=O)[O-])cc1)NC1CCCN(c2ncccn2)C1. The van der Waals surface area contributed by atoms with Crippen LogP contribution < -0.4 is 15.0 Å². The Morgan fingerprint density at radius 1 is 1.31 bits per heavy atom. The summed E-state index contributed by atoms with van der Waals surface area (Å²) in [6, 6.07) is 7.39. The molecule has 1 amide bonds. The predicted octanol–water partition coefficient (Wildman–Crippen LogP) is 1.55. The average molecular weight is 357 g/mol. The Hall–Kier alpha value is -3.23. The Kier molecular flexibility index (Phi) is 5.57. The molecule has 0 saturated carbocycles. The Balaban J connectivity index is 1.47. The molecule has 1 atom stereocenters. The van der Waals surface area contributed by atoms with Gasteiger partial charge >= 0.3 is 0 Å². The first-order chi connectivity index (χ1) is 12.6. The number of anilines is 1. The van der Waals surface area contributed by atoms with Gasteiger partial charge in [0.15, 0.2) is 6.61 Å². The first kappa shape index (κ1) is 17.6. The third-order valence-electron chi connectivity index (χ3n) is 4.04. The van der Waals surface area contributed by atoms with Crippen LogP contribution >= 0.6 is 0 Å². The molecule has 0 aliphatic carbocycles. The maximum absolute atomic E-state index is 12.1. The summed E-state index contributed by atoms with van der Waals surface area (Å²) in [6.45, 7) is 1.36. The molecule has 0 radical (unpaired) electrons. The quantitative estimate of drug-likeness (QED) is 0.617. The zero-order valence-electron chi connectivity index (χ0n) is 14.1. The van der Waals surface area contributed by atoms with E-state index in [0.29, 0.717) is 18.2 Å². The molecule has 0 bridgehead atoms. The molecule has 136 valence electrons. The van der Waals surface area contributed by atoms with E-state index in [1.807, 2.05) is 4.90 Å². The summed E-state index contributed by atoms with van der Waals surface area (Å²) in [6.07, 6.45) is 5.21. The lowest BCUT2D eigenvalue weighted by atomic mass is 10.1. The smallest absolute Gasteiger partial charge is 0.269 e. The fraction of sp³-hybridized carbons (Fsp3) is 0.353. The lowest BCUT2D eigenvalue weighted by molar-refractivity contribution is -0.384. The zero-order valence-corrected chi connectivity index (χ0v) is 14.1. The van der Waals surface area contributed by atoms with Gasteiger partial charge in [-0.05, 0) is 31.0 Å². The van der Waals surface area contributed by atoms with Gasteiger partial charge in [0.2, 0.25) is 5.95 Å². The molecular weight excluding hydrogens is 338 g/mol. The molecule has 1 aliphatic heterocycles. The minimum atomic E-state index is -0.484. The van der Waals surface area contributed by atoms with Gasteiger partial charge in [0, 0.05) is 43.7 Å². The largest absolute Gasteiger partial charge is 0.484 e. The predicted molar refractivity (Wildman–Crippen MR) is 94.0 cm³/mol. The first-order valence-corrected chi connectivity index (χ1v) is 8.30. The van der Waals surface area contributed by atoms with Crippen molar-refractivity contribution in [3.8, 4) is 5.75 Å². The van der Waals surface area contributed by atoms with Crippen molar-refractivity contribution >= 4 is 17.5 Å². The number of benzene rings is 1. The standard InChI is InChI=1S/C17H19N5O4/c23-16(12-26-15-6-4-14(5-7-15)22(24)25)20-13-3-1-10-21(11-13)17-18-8-2-9-19-17/h2,4-9,13H,1,3,10-12H2,(H,20,23). The lowest BCUT2D eigenvalue weighted by Crippen LogP contribution is -2.49. The van der Waals surface area contributed by atoms with E-state index < -0.39 is 4.92 Å². The number of rotatable bonds is 6. The van der Waals surface area contributed by atoms with Crippen LogP contribution in [0, 0.1) is 10.1 Å². The molecule has 9 heteroatoms. The van der Waals surface area contributed by atoms with E-state index >= 15 is 0 Å². The number of non-ortho nitro benzene ring substituents is 1. The summed E-state index contributed by atoms with van der Waals surface area (Å²) in [5.41, 5.74) is -0.0211. The maximum Gasteiger partial charge on any atom is 0.269 e. The molecule has 1 fully saturated rings. The molecule has 2 aromatic rings. The summed E-state index contributed by atoms with van der Waals surface area (Å²) in [5, 5.41) is 13.6. The number of piperidine rings is 1. The van der Waals surface area contributed by atoms with Crippen molar-refractivity contribution in [1.82, 2.24) is 15.3 Å². The fourth-order valence-electron chi connectivity index (χ4n) is 2.81. The normalized spacial score (nSPS) is 16.8. The molecule has 9 nitrogen and oxygen atoms in total. The number of hydrogen-bond donors (Lipinski definition) is 1. The summed E-state index contributed by atoms with van der Waals surface area (Å²) in [7, 11) is 0. The van der Waals surface area contributed by atoms with E-state index in [9.17, 15) is 14.9 Å². The Morgan fingerprint density at radius 2 is 2.04 bits per heavy atom. The van der Waals surface area contributed by atoms with Crippen molar-refractivity contribution in [3.63, 3.8) is 0 Å². The molecule has 26 heavy (non-hydrogen) atoms. The van der Waals surface area contributed by atoms with Crippen molar-refractivity contribution in [2.24, 2.45) is 0 Å². The summed E-state index contributed by atoms with van der Waals surface area (Å²) in [5.74, 6) is 0.839. The van der Waals surface area contributed by atoms with Crippen molar-refractivity contribution in [3.05, 3.63) is 52.8 Å². The first-order valence-electron chi connectivity index (χ1n) is 8.30. The van der Waals surface area contributed by atoms with Gasteiger partial charge in [0.05, 0.1) is 4.92 Å². The van der Waals surface area contributed by atoms with E-state index in [4.69, 9.17) is 4.74 Å². The number of nitrogens with one attached hydrogen (secondary N) is 1. The fourth-order valence-corrected chi connectivity index (χ4v) is 2.81. The molecule has 2 heterocycles. The second-order valence-electron chi connectivity index (χ2n) is 5.94. The van der Waals surface area contributed by atoms with Gasteiger partial charge in [-0.2, -0.15) is 0 Å². The monoisotopic (exact) mass is 357 g/mol. The van der Waals surface area contributed by atoms with E-state index in [1.54, 1.807) is 18.5 Å². The second kappa shape index (κ2) is 8.24. The Morgan fingerprint density at radius 3 is 2.73 bits per heavy atom. The molecule has 1 aliphatic rings. The average Bonchev–Trinajstić information content (AvgIpc) is 2.67. The molecule has 0 spiro atoms. The van der Waals surface area contributed by atoms with Crippen LogP contribution in [-0.4, -0.2) is 46.5 Å². The highest BCUT2D eigenvalue weighted by Gasteiger charge is 2.23. The van der Waals surface area contributed by atoms with Gasteiger partial charge in [-0.3, -0.25) is 14.9 Å². The number of ether oxygens (including phenoxy) is 1. The number of carbonyl (C=O) groups is 1. The molecule has 1 aromatic heterocycles. The summed E-state index contributed by atoms with van der Waals surface area (Å²) < 4.78 is 5.38. The topological polar surface area (TPSA) is 110 Å². The minimum Gasteiger partial charge on any atom is -0.484 e. The molecule has 1 N–H and O–H groups in total. The summed E-state index contributed by atoms with van der Waals surface area (Å²) >= 11 is 0. The van der Waals surface area contributed by atoms with Crippen molar-refractivity contribution < 1.29 is 14.5 Å². The highest BCUT2D eigenvalue weighted by atomic mass is 16.6. The highest BCUT2D eigenvalue weighted by molar-refractivity contribution is 5.78. The van der Waals surface area contributed by atoms with Gasteiger partial charge in [-0.25, -0.2) is 9.97 Å². The van der Waals surface area contributed by atoms with Crippen molar-refractivity contribution in [1.29, 1.82) is 0 Å². The molecule has 1 unspecified atom stereocenters. The number of nitrogens with zero attached hydrogens (tertiary/aromatic N) is 4. The van der Waals surface area contributed by atoms with E-state index in [2.05, 4.69) is 15.3 Å². The van der Waals surface area contributed by atoms with Gasteiger partial charge < -0.3 is 15.0 Å². The van der Waals surface area contributed by atoms with Gasteiger partial charge in [0.25, 0.3) is 11.6 Å². The van der Waals surface area contributed by atoms with Crippen LogP contribution in [0.4, 0.5) is 11.6 Å². The van der Waals surface area contributed by atoms with E-state index in [-0.39, 0.29) is 24.2 Å². The number of nitro benzene ring substituents is 1. The number of carbonyl (C=O) groups excluding carboxylic acids is 1. The number of hydrogen-bond acceptors (Lipinski definition) is 7.